The van der Waals surface area contributed by atoms with E-state index in [2.05, 4.69) is 5.32 Å². The Morgan fingerprint density at radius 1 is 1.00 bits per heavy atom. The molecule has 0 aliphatic heterocycles. The lowest BCUT2D eigenvalue weighted by Crippen LogP contribution is -2.42. The maximum atomic E-state index is 11.2. The van der Waals surface area contributed by atoms with Crippen molar-refractivity contribution < 1.29 is 39.6 Å². The van der Waals surface area contributed by atoms with Gasteiger partial charge in [0.1, 0.15) is 6.04 Å². The van der Waals surface area contributed by atoms with E-state index < -0.39 is 41.2 Å². The maximum absolute atomic E-state index is 11.2. The number of aliphatic hydroxyl groups is 1. The number of amides is 1. The Bertz CT molecular complexity index is 644. The molecule has 10 heteroatoms. The Morgan fingerprint density at radius 3 is 2.21 bits per heavy atom. The molecule has 0 aromatic heterocycles. The zero-order valence-electron chi connectivity index (χ0n) is 16.1. The van der Waals surface area contributed by atoms with E-state index in [0.717, 1.165) is 11.8 Å². The van der Waals surface area contributed by atoms with Gasteiger partial charge in [0.2, 0.25) is 5.91 Å². The zero-order valence-corrected chi connectivity index (χ0v) is 16.9. The van der Waals surface area contributed by atoms with E-state index in [-0.39, 0.29) is 31.4 Å². The first-order chi connectivity index (χ1) is 13.6. The number of hydrogen-bond donors (Lipinski definition) is 5. The van der Waals surface area contributed by atoms with Gasteiger partial charge in [-0.25, -0.2) is 4.79 Å². The lowest BCUT2D eigenvalue weighted by atomic mass is 10.1. The van der Waals surface area contributed by atoms with E-state index in [1.165, 1.54) is 13.0 Å². The molecule has 9 nitrogen and oxygen atoms in total. The molecule has 5 N–H and O–H groups in total. The van der Waals surface area contributed by atoms with Crippen LogP contribution in [0.2, 0.25) is 0 Å². The van der Waals surface area contributed by atoms with Crippen LogP contribution >= 0.6 is 11.8 Å². The number of aliphatic hydroxyl groups excluding tert-OH is 1. The third-order valence-corrected chi connectivity index (χ3v) is 4.85. The Morgan fingerprint density at radius 2 is 1.66 bits per heavy atom. The summed E-state index contributed by atoms with van der Waals surface area (Å²) in [5, 5.41) is 38.6. The molecule has 0 aliphatic rings. The highest BCUT2D eigenvalue weighted by molar-refractivity contribution is 8.00. The van der Waals surface area contributed by atoms with Gasteiger partial charge in [-0.3, -0.25) is 14.4 Å². The summed E-state index contributed by atoms with van der Waals surface area (Å²) in [5.74, 6) is -3.58. The van der Waals surface area contributed by atoms with Crippen molar-refractivity contribution >= 4 is 35.6 Å². The highest BCUT2D eigenvalue weighted by atomic mass is 32.2. The first-order valence-electron chi connectivity index (χ1n) is 8.86. The van der Waals surface area contributed by atoms with Gasteiger partial charge in [0, 0.05) is 24.3 Å². The fourth-order valence-electron chi connectivity index (χ4n) is 2.10. The van der Waals surface area contributed by atoms with Gasteiger partial charge in [-0.1, -0.05) is 36.5 Å². The molecule has 0 aliphatic carbocycles. The molecule has 0 spiro atoms. The summed E-state index contributed by atoms with van der Waals surface area (Å²) < 4.78 is 0. The van der Waals surface area contributed by atoms with Crippen LogP contribution in [0.4, 0.5) is 0 Å². The topological polar surface area (TPSA) is 161 Å². The molecular formula is C19H27NO8S. The van der Waals surface area contributed by atoms with Crippen molar-refractivity contribution in [2.45, 2.75) is 50.0 Å². The lowest BCUT2D eigenvalue weighted by Gasteiger charge is -2.21. The normalized spacial score (nSPS) is 14.8. The first kappa shape index (κ1) is 26.4. The number of rotatable bonds is 15. The minimum atomic E-state index is -1.20. The van der Waals surface area contributed by atoms with Crippen molar-refractivity contribution in [2.24, 2.45) is 0 Å². The third-order valence-electron chi connectivity index (χ3n) is 3.46. The fourth-order valence-corrected chi connectivity index (χ4v) is 3.30. The second-order valence-electron chi connectivity index (χ2n) is 6.04. The molecule has 29 heavy (non-hydrogen) atoms. The molecule has 3 atom stereocenters. The average molecular weight is 429 g/mol. The summed E-state index contributed by atoms with van der Waals surface area (Å²) >= 11 is 1.13. The highest BCUT2D eigenvalue weighted by Gasteiger charge is 2.23. The molecule has 0 aromatic carbocycles. The number of carboxylic acid groups (broad SMARTS) is 3. The number of thioether (sulfide) groups is 1. The first-order valence-corrected chi connectivity index (χ1v) is 9.91. The van der Waals surface area contributed by atoms with Crippen LogP contribution in [-0.2, 0) is 19.2 Å². The second-order valence-corrected chi connectivity index (χ2v) is 7.25. The molecule has 0 aromatic rings. The average Bonchev–Trinajstić information content (AvgIpc) is 2.60. The molecule has 1 amide bonds. The highest BCUT2D eigenvalue weighted by Crippen LogP contribution is 2.21. The molecule has 162 valence electrons. The SMILES string of the molecule is CC(=O)NC(CSC(C=CC=CC=CCC(=O)O)C(O)CCCC(=O)O)C(=O)O. The minimum Gasteiger partial charge on any atom is -0.481 e. The molecule has 0 bridgehead atoms. The van der Waals surface area contributed by atoms with Crippen molar-refractivity contribution in [2.75, 3.05) is 5.75 Å². The number of nitrogens with one attached hydrogen (secondary N) is 1. The molecule has 0 fully saturated rings. The largest absolute Gasteiger partial charge is 0.481 e. The molecular weight excluding hydrogens is 402 g/mol. The van der Waals surface area contributed by atoms with E-state index in [0.29, 0.717) is 0 Å². The molecule has 0 saturated carbocycles. The Labute approximate surface area is 173 Å². The number of hydrogen-bond acceptors (Lipinski definition) is 6. The van der Waals surface area contributed by atoms with E-state index >= 15 is 0 Å². The van der Waals surface area contributed by atoms with Crippen LogP contribution in [0.15, 0.2) is 36.5 Å². The van der Waals surface area contributed by atoms with Gasteiger partial charge in [0.25, 0.3) is 0 Å². The van der Waals surface area contributed by atoms with Crippen molar-refractivity contribution in [3.05, 3.63) is 36.5 Å². The van der Waals surface area contributed by atoms with Crippen LogP contribution < -0.4 is 5.32 Å². The molecule has 3 unspecified atom stereocenters. The summed E-state index contributed by atoms with van der Waals surface area (Å²) in [5.41, 5.74) is 0. The number of carboxylic acids is 3. The van der Waals surface area contributed by atoms with Crippen molar-refractivity contribution in [3.8, 4) is 0 Å². The Hall–Kier alpha value is -2.59. The van der Waals surface area contributed by atoms with Gasteiger partial charge in [-0.2, -0.15) is 0 Å². The summed E-state index contributed by atoms with van der Waals surface area (Å²) in [6.45, 7) is 1.21. The van der Waals surface area contributed by atoms with Gasteiger partial charge >= 0.3 is 17.9 Å². The third kappa shape index (κ3) is 15.1. The van der Waals surface area contributed by atoms with Crippen LogP contribution in [-0.4, -0.2) is 67.4 Å². The second kappa shape index (κ2) is 15.3. The van der Waals surface area contributed by atoms with E-state index in [1.54, 1.807) is 30.4 Å². The zero-order chi connectivity index (χ0) is 22.2. The Balaban J connectivity index is 4.95. The van der Waals surface area contributed by atoms with Crippen molar-refractivity contribution in [1.82, 2.24) is 5.32 Å². The molecule has 0 heterocycles. The number of carbonyl (C=O) groups is 4. The predicted octanol–water partition coefficient (Wildman–Crippen LogP) is 1.44. The van der Waals surface area contributed by atoms with Crippen LogP contribution in [0, 0.1) is 0 Å². The van der Waals surface area contributed by atoms with Crippen LogP contribution in [0.1, 0.15) is 32.6 Å². The molecule has 0 rings (SSSR count). The fraction of sp³-hybridized carbons (Fsp3) is 0.474. The summed E-state index contributed by atoms with van der Waals surface area (Å²) in [4.78, 5) is 43.4. The van der Waals surface area contributed by atoms with Gasteiger partial charge in [-0.15, -0.1) is 11.8 Å². The van der Waals surface area contributed by atoms with Gasteiger partial charge in [-0.05, 0) is 12.8 Å². The maximum Gasteiger partial charge on any atom is 0.327 e. The van der Waals surface area contributed by atoms with E-state index in [4.69, 9.17) is 10.2 Å². The van der Waals surface area contributed by atoms with Crippen LogP contribution in [0.5, 0.6) is 0 Å². The number of carbonyl (C=O) groups excluding carboxylic acids is 1. The van der Waals surface area contributed by atoms with Crippen LogP contribution in [0.3, 0.4) is 0 Å². The molecule has 0 radical (unpaired) electrons. The minimum absolute atomic E-state index is 0.0160. The summed E-state index contributed by atoms with van der Waals surface area (Å²) in [6.07, 6.45) is 8.90. The summed E-state index contributed by atoms with van der Waals surface area (Å²) in [7, 11) is 0. The van der Waals surface area contributed by atoms with Crippen molar-refractivity contribution in [3.63, 3.8) is 0 Å². The van der Waals surface area contributed by atoms with Crippen molar-refractivity contribution in [1.29, 1.82) is 0 Å². The molecule has 0 saturated heterocycles. The van der Waals surface area contributed by atoms with Crippen LogP contribution in [0.25, 0.3) is 0 Å². The van der Waals surface area contributed by atoms with E-state index in [1.807, 2.05) is 0 Å². The van der Waals surface area contributed by atoms with Gasteiger partial charge in [0.05, 0.1) is 12.5 Å². The lowest BCUT2D eigenvalue weighted by molar-refractivity contribution is -0.141. The number of aliphatic carboxylic acids is 3. The monoisotopic (exact) mass is 429 g/mol. The standard InChI is InChI=1S/C19H27NO8S/c1-13(21)20-14(19(27)28)12-29-16(15(22)8-7-11-18(25)26)9-5-3-2-4-6-10-17(23)24/h2-6,9,14-16,22H,7-8,10-12H2,1H3,(H,20,21)(H,23,24)(H,25,26)(H,27,28). The Kier molecular flexibility index (Phi) is 14.0. The summed E-state index contributed by atoms with van der Waals surface area (Å²) in [6, 6.07) is -1.12. The van der Waals surface area contributed by atoms with Gasteiger partial charge in [0.15, 0.2) is 0 Å². The van der Waals surface area contributed by atoms with E-state index in [9.17, 15) is 29.4 Å². The smallest absolute Gasteiger partial charge is 0.327 e. The van der Waals surface area contributed by atoms with Gasteiger partial charge < -0.3 is 25.7 Å². The predicted molar refractivity (Wildman–Crippen MR) is 109 cm³/mol. The quantitative estimate of drug-likeness (QED) is 0.242. The number of allylic oxidation sites excluding steroid dienone is 4.